The molecular formula is C15H14N2O2. The van der Waals surface area contributed by atoms with Crippen molar-refractivity contribution in [3.63, 3.8) is 0 Å². The molecule has 96 valence electrons. The SMILES string of the molecule is O=c1[nH]cnc2c(O)cc(CC3=CC=CCC3)cc12. The van der Waals surface area contributed by atoms with Crippen molar-refractivity contribution in [1.82, 2.24) is 9.97 Å². The van der Waals surface area contributed by atoms with Gasteiger partial charge in [0.2, 0.25) is 0 Å². The highest BCUT2D eigenvalue weighted by atomic mass is 16.3. The number of aromatic hydroxyl groups is 1. The molecule has 0 bridgehead atoms. The van der Waals surface area contributed by atoms with Gasteiger partial charge < -0.3 is 10.1 Å². The Kier molecular flexibility index (Phi) is 2.91. The average molecular weight is 254 g/mol. The van der Waals surface area contributed by atoms with Crippen molar-refractivity contribution in [2.45, 2.75) is 19.3 Å². The van der Waals surface area contributed by atoms with Crippen LogP contribution in [0.1, 0.15) is 18.4 Å². The summed E-state index contributed by atoms with van der Waals surface area (Å²) in [5.74, 6) is 0.0607. The van der Waals surface area contributed by atoms with Crippen LogP contribution in [0.4, 0.5) is 0 Å². The summed E-state index contributed by atoms with van der Waals surface area (Å²) in [6, 6.07) is 3.49. The van der Waals surface area contributed by atoms with E-state index in [0.29, 0.717) is 10.9 Å². The molecule has 0 amide bonds. The number of hydrogen-bond acceptors (Lipinski definition) is 3. The molecule has 4 heteroatoms. The van der Waals surface area contributed by atoms with Crippen molar-refractivity contribution >= 4 is 10.9 Å². The Balaban J connectivity index is 2.05. The number of phenolic OH excluding ortho intramolecular Hbond substituents is 1. The van der Waals surface area contributed by atoms with Gasteiger partial charge in [-0.05, 0) is 37.0 Å². The third-order valence-electron chi connectivity index (χ3n) is 3.31. The van der Waals surface area contributed by atoms with Crippen LogP contribution in [0.3, 0.4) is 0 Å². The molecule has 1 aliphatic carbocycles. The van der Waals surface area contributed by atoms with Gasteiger partial charge >= 0.3 is 0 Å². The maximum atomic E-state index is 11.7. The number of hydrogen-bond donors (Lipinski definition) is 2. The molecule has 4 nitrogen and oxygen atoms in total. The molecule has 2 N–H and O–H groups in total. The van der Waals surface area contributed by atoms with Crippen LogP contribution in [0.5, 0.6) is 5.75 Å². The molecule has 0 atom stereocenters. The molecule has 1 aliphatic rings. The fourth-order valence-corrected chi connectivity index (χ4v) is 2.38. The number of rotatable bonds is 2. The largest absolute Gasteiger partial charge is 0.506 e. The predicted molar refractivity (Wildman–Crippen MR) is 74.2 cm³/mol. The third-order valence-corrected chi connectivity index (χ3v) is 3.31. The fraction of sp³-hybridized carbons (Fsp3) is 0.200. The quantitative estimate of drug-likeness (QED) is 0.865. The van der Waals surface area contributed by atoms with Gasteiger partial charge in [0.25, 0.3) is 5.56 Å². The van der Waals surface area contributed by atoms with E-state index in [2.05, 4.69) is 22.1 Å². The minimum Gasteiger partial charge on any atom is -0.506 e. The second-order valence-electron chi connectivity index (χ2n) is 4.71. The number of allylic oxidation sites excluding steroid dienone is 4. The van der Waals surface area contributed by atoms with Crippen molar-refractivity contribution < 1.29 is 5.11 Å². The summed E-state index contributed by atoms with van der Waals surface area (Å²) in [7, 11) is 0. The summed E-state index contributed by atoms with van der Waals surface area (Å²) < 4.78 is 0. The van der Waals surface area contributed by atoms with Crippen molar-refractivity contribution in [1.29, 1.82) is 0 Å². The highest BCUT2D eigenvalue weighted by Gasteiger charge is 2.09. The monoisotopic (exact) mass is 254 g/mol. The molecule has 1 heterocycles. The van der Waals surface area contributed by atoms with Crippen molar-refractivity contribution in [2.75, 3.05) is 0 Å². The first-order chi connectivity index (χ1) is 9.24. The molecule has 3 rings (SSSR count). The molecule has 0 radical (unpaired) electrons. The summed E-state index contributed by atoms with van der Waals surface area (Å²) in [5, 5.41) is 10.4. The second-order valence-corrected chi connectivity index (χ2v) is 4.71. The lowest BCUT2D eigenvalue weighted by atomic mass is 9.97. The predicted octanol–water partition coefficient (Wildman–Crippen LogP) is 2.45. The molecule has 0 spiro atoms. The van der Waals surface area contributed by atoms with E-state index in [1.54, 1.807) is 12.1 Å². The minimum atomic E-state index is -0.223. The zero-order valence-corrected chi connectivity index (χ0v) is 10.4. The Hall–Kier alpha value is -2.36. The van der Waals surface area contributed by atoms with Gasteiger partial charge in [0.15, 0.2) is 0 Å². The smallest absolute Gasteiger partial charge is 0.258 e. The molecule has 2 aromatic rings. The molecule has 0 unspecified atom stereocenters. The van der Waals surface area contributed by atoms with Gasteiger partial charge in [0.05, 0.1) is 11.7 Å². The van der Waals surface area contributed by atoms with Gasteiger partial charge in [0, 0.05) is 0 Å². The summed E-state index contributed by atoms with van der Waals surface area (Å²) >= 11 is 0. The normalized spacial score (nSPS) is 14.6. The topological polar surface area (TPSA) is 66.0 Å². The number of nitrogens with zero attached hydrogens (tertiary/aromatic N) is 1. The highest BCUT2D eigenvalue weighted by Crippen LogP contribution is 2.25. The summed E-state index contributed by atoms with van der Waals surface area (Å²) in [6.45, 7) is 0. The number of aromatic nitrogens is 2. The van der Waals surface area contributed by atoms with Gasteiger partial charge in [-0.25, -0.2) is 4.98 Å². The zero-order valence-electron chi connectivity index (χ0n) is 10.4. The molecule has 0 saturated carbocycles. The Morgan fingerprint density at radius 1 is 1.37 bits per heavy atom. The molecular weight excluding hydrogens is 240 g/mol. The van der Waals surface area contributed by atoms with Crippen LogP contribution >= 0.6 is 0 Å². The highest BCUT2D eigenvalue weighted by molar-refractivity contribution is 5.84. The lowest BCUT2D eigenvalue weighted by Crippen LogP contribution is -2.07. The van der Waals surface area contributed by atoms with Gasteiger partial charge in [0.1, 0.15) is 11.3 Å². The van der Waals surface area contributed by atoms with Crippen LogP contribution < -0.4 is 5.56 Å². The molecule has 1 aromatic carbocycles. The fourth-order valence-electron chi connectivity index (χ4n) is 2.38. The van der Waals surface area contributed by atoms with Crippen LogP contribution in [0, 0.1) is 0 Å². The zero-order chi connectivity index (χ0) is 13.2. The standard InChI is InChI=1S/C15H14N2O2/c18-13-8-11(6-10-4-2-1-3-5-10)7-12-14(13)16-9-17-15(12)19/h1-2,4,7-9,18H,3,5-6H2,(H,16,17,19). The Morgan fingerprint density at radius 3 is 3.05 bits per heavy atom. The first-order valence-electron chi connectivity index (χ1n) is 6.28. The first kappa shape index (κ1) is 11.7. The van der Waals surface area contributed by atoms with E-state index in [-0.39, 0.29) is 11.3 Å². The number of aromatic amines is 1. The lowest BCUT2D eigenvalue weighted by molar-refractivity contribution is 0.479. The van der Waals surface area contributed by atoms with Crippen LogP contribution in [-0.4, -0.2) is 15.1 Å². The summed E-state index contributed by atoms with van der Waals surface area (Å²) in [5.41, 5.74) is 2.37. The number of fused-ring (bicyclic) bond motifs is 1. The van der Waals surface area contributed by atoms with Gasteiger partial charge in [-0.1, -0.05) is 23.8 Å². The second kappa shape index (κ2) is 4.72. The maximum absolute atomic E-state index is 11.7. The number of benzene rings is 1. The first-order valence-corrected chi connectivity index (χ1v) is 6.28. The summed E-state index contributed by atoms with van der Waals surface area (Å²) in [6.07, 6.45) is 10.4. The molecule has 19 heavy (non-hydrogen) atoms. The number of H-pyrrole nitrogens is 1. The van der Waals surface area contributed by atoms with Crippen LogP contribution in [0.2, 0.25) is 0 Å². The van der Waals surface area contributed by atoms with Gasteiger partial charge in [-0.3, -0.25) is 4.79 Å². The van der Waals surface area contributed by atoms with Crippen LogP contribution in [-0.2, 0) is 6.42 Å². The molecule has 0 saturated heterocycles. The molecule has 0 fully saturated rings. The van der Waals surface area contributed by atoms with E-state index in [1.165, 1.54) is 11.9 Å². The number of nitrogens with one attached hydrogen (secondary N) is 1. The van der Waals surface area contributed by atoms with E-state index < -0.39 is 0 Å². The Labute approximate surface area is 110 Å². The molecule has 0 aliphatic heterocycles. The van der Waals surface area contributed by atoms with E-state index in [9.17, 15) is 9.90 Å². The lowest BCUT2D eigenvalue weighted by Gasteiger charge is -2.10. The van der Waals surface area contributed by atoms with Crippen molar-refractivity contribution in [3.8, 4) is 5.75 Å². The number of phenols is 1. The van der Waals surface area contributed by atoms with E-state index in [4.69, 9.17) is 0 Å². The van der Waals surface area contributed by atoms with Gasteiger partial charge in [-0.2, -0.15) is 0 Å². The molecule has 1 aromatic heterocycles. The van der Waals surface area contributed by atoms with E-state index in [0.717, 1.165) is 24.8 Å². The maximum Gasteiger partial charge on any atom is 0.258 e. The van der Waals surface area contributed by atoms with Crippen LogP contribution in [0.25, 0.3) is 10.9 Å². The van der Waals surface area contributed by atoms with E-state index >= 15 is 0 Å². The summed E-state index contributed by atoms with van der Waals surface area (Å²) in [4.78, 5) is 18.3. The Bertz CT molecular complexity index is 741. The third kappa shape index (κ3) is 2.29. The van der Waals surface area contributed by atoms with Crippen molar-refractivity contribution in [3.05, 3.63) is 58.2 Å². The average Bonchev–Trinajstić information content (AvgIpc) is 2.41. The van der Waals surface area contributed by atoms with E-state index in [1.807, 2.05) is 6.08 Å². The van der Waals surface area contributed by atoms with Crippen LogP contribution in [0.15, 0.2) is 47.1 Å². The van der Waals surface area contributed by atoms with Gasteiger partial charge in [-0.15, -0.1) is 0 Å². The Morgan fingerprint density at radius 2 is 2.26 bits per heavy atom. The van der Waals surface area contributed by atoms with Crippen molar-refractivity contribution in [2.24, 2.45) is 0 Å². The minimum absolute atomic E-state index is 0.0607.